The van der Waals surface area contributed by atoms with Crippen molar-refractivity contribution in [2.75, 3.05) is 27.3 Å². The normalized spacial score (nSPS) is 18.4. The molecule has 0 radical (unpaired) electrons. The standard InChI is InChI=1S/C41H48F2N8O7/c1-20(2)33(48-40(54)56-5)38(52)50-15-7-9-29(50)36-44-17-27(46-36)24-13-11-22-23-12-14-25(32(43)35(23)58-19-26(22)31(24)42)28-18-45-37(47-28)30-10-8-16-51(30)39(53)34(21(3)4)49-41(55)57-6/h11-14,17-18,20-21,29-30,33-34H,7-10,15-16,19H2,1-6H3,(H,44,46)(H,45,47)(H,48,54)(H,49,55)/t29-,30-,33-,34?/m0/s1. The number of halogens is 2. The number of hydrogen-bond acceptors (Lipinski definition) is 9. The molecule has 5 heterocycles. The number of benzene rings is 2. The number of likely N-dealkylation sites (tertiary alicyclic amines) is 2. The molecule has 15 nitrogen and oxygen atoms in total. The lowest BCUT2D eigenvalue weighted by Gasteiger charge is -2.30. The summed E-state index contributed by atoms with van der Waals surface area (Å²) in [4.78, 5) is 70.0. The Morgan fingerprint density at radius 3 is 1.64 bits per heavy atom. The number of rotatable bonds is 10. The van der Waals surface area contributed by atoms with Gasteiger partial charge >= 0.3 is 12.2 Å². The zero-order chi connectivity index (χ0) is 41.4. The van der Waals surface area contributed by atoms with Crippen molar-refractivity contribution in [3.8, 4) is 39.4 Å². The van der Waals surface area contributed by atoms with Gasteiger partial charge in [-0.2, -0.15) is 0 Å². The summed E-state index contributed by atoms with van der Waals surface area (Å²) < 4.78 is 48.0. The van der Waals surface area contributed by atoms with E-state index in [9.17, 15) is 19.2 Å². The van der Waals surface area contributed by atoms with Crippen LogP contribution in [0.3, 0.4) is 0 Å². The van der Waals surface area contributed by atoms with Crippen molar-refractivity contribution in [2.45, 2.75) is 84.2 Å². The second-order valence-electron chi connectivity index (χ2n) is 15.5. The van der Waals surface area contributed by atoms with E-state index in [1.807, 2.05) is 27.7 Å². The van der Waals surface area contributed by atoms with Crippen molar-refractivity contribution in [3.05, 3.63) is 65.5 Å². The van der Waals surface area contributed by atoms with Crippen molar-refractivity contribution >= 4 is 24.0 Å². The first kappa shape index (κ1) is 40.2. The van der Waals surface area contributed by atoms with Crippen molar-refractivity contribution in [1.82, 2.24) is 40.4 Å². The van der Waals surface area contributed by atoms with Gasteiger partial charge in [-0.25, -0.2) is 28.3 Å². The van der Waals surface area contributed by atoms with Gasteiger partial charge in [0.1, 0.15) is 36.2 Å². The SMILES string of the molecule is COC(=O)NC(C(=O)N1CCC[C@H]1c1ncc(-c2ccc3c(c2F)OCc2c-3ccc(-c3cnc([C@@H]4CCCN4C(=O)[C@@H](NC(=O)OC)C(C)C)[nH]3)c2F)[nH]1)C(C)C. The van der Waals surface area contributed by atoms with Crippen LogP contribution in [0.5, 0.6) is 5.75 Å². The van der Waals surface area contributed by atoms with Crippen molar-refractivity contribution in [3.63, 3.8) is 0 Å². The van der Waals surface area contributed by atoms with Crippen LogP contribution in [0.15, 0.2) is 36.7 Å². The molecule has 4 atom stereocenters. The molecule has 2 aromatic heterocycles. The van der Waals surface area contributed by atoms with Crippen molar-refractivity contribution in [1.29, 1.82) is 0 Å². The summed E-state index contributed by atoms with van der Waals surface area (Å²) in [5.74, 6) is -1.10. The summed E-state index contributed by atoms with van der Waals surface area (Å²) in [7, 11) is 2.49. The number of alkyl carbamates (subject to hydrolysis) is 2. The second-order valence-corrected chi connectivity index (χ2v) is 15.5. The zero-order valence-corrected chi connectivity index (χ0v) is 33.3. The number of nitrogens with zero attached hydrogens (tertiary/aromatic N) is 4. The van der Waals surface area contributed by atoms with Gasteiger partial charge in [0.15, 0.2) is 11.6 Å². The molecule has 3 aliphatic rings. The van der Waals surface area contributed by atoms with Crippen molar-refractivity contribution in [2.24, 2.45) is 11.8 Å². The lowest BCUT2D eigenvalue weighted by atomic mass is 9.92. The molecule has 7 rings (SSSR count). The first-order valence-corrected chi connectivity index (χ1v) is 19.5. The minimum Gasteiger partial charge on any atom is -0.485 e. The van der Waals surface area contributed by atoms with Crippen LogP contribution in [-0.2, 0) is 25.7 Å². The fourth-order valence-corrected chi connectivity index (χ4v) is 8.16. The Balaban J connectivity index is 1.10. The van der Waals surface area contributed by atoms with Gasteiger partial charge < -0.3 is 44.6 Å². The molecule has 0 aliphatic carbocycles. The molecule has 0 bridgehead atoms. The zero-order valence-electron chi connectivity index (χ0n) is 33.3. The Morgan fingerprint density at radius 1 is 0.724 bits per heavy atom. The molecule has 0 saturated carbocycles. The molecule has 0 spiro atoms. The topological polar surface area (TPSA) is 184 Å². The third kappa shape index (κ3) is 7.44. The highest BCUT2D eigenvalue weighted by Gasteiger charge is 2.39. The van der Waals surface area contributed by atoms with Crippen LogP contribution in [0.2, 0.25) is 0 Å². The van der Waals surface area contributed by atoms with Crippen LogP contribution in [0.4, 0.5) is 18.4 Å². The number of fused-ring (bicyclic) bond motifs is 3. The van der Waals surface area contributed by atoms with E-state index in [1.54, 1.807) is 34.1 Å². The number of carbonyl (C=O) groups is 4. The number of H-pyrrole nitrogens is 2. The third-order valence-electron chi connectivity index (χ3n) is 11.2. The minimum atomic E-state index is -0.791. The van der Waals surface area contributed by atoms with Crippen LogP contribution in [-0.4, -0.2) is 93.1 Å². The highest BCUT2D eigenvalue weighted by atomic mass is 19.1. The van der Waals surface area contributed by atoms with E-state index in [0.29, 0.717) is 60.1 Å². The van der Waals surface area contributed by atoms with E-state index < -0.39 is 48.0 Å². The molecule has 2 aromatic carbocycles. The van der Waals surface area contributed by atoms with E-state index in [4.69, 9.17) is 14.2 Å². The fraction of sp³-hybridized carbons (Fsp3) is 0.463. The summed E-state index contributed by atoms with van der Waals surface area (Å²) in [5.41, 5.74) is 2.38. The van der Waals surface area contributed by atoms with E-state index in [0.717, 1.165) is 12.8 Å². The lowest BCUT2D eigenvalue weighted by Crippen LogP contribution is -2.51. The van der Waals surface area contributed by atoms with Gasteiger partial charge in [-0.15, -0.1) is 0 Å². The Morgan fingerprint density at radius 2 is 1.17 bits per heavy atom. The number of amides is 4. The molecular formula is C41H48F2N8O7. The second kappa shape index (κ2) is 16.5. The molecule has 4 amide bonds. The Labute approximate surface area is 334 Å². The maximum atomic E-state index is 16.3. The summed E-state index contributed by atoms with van der Waals surface area (Å²) >= 11 is 0. The van der Waals surface area contributed by atoms with Crippen LogP contribution in [0.1, 0.15) is 82.7 Å². The lowest BCUT2D eigenvalue weighted by molar-refractivity contribution is -0.136. The number of aromatic amines is 2. The Hall–Kier alpha value is -6.00. The number of ether oxygens (including phenoxy) is 3. The first-order valence-electron chi connectivity index (χ1n) is 19.5. The molecule has 4 aromatic rings. The van der Waals surface area contributed by atoms with E-state index in [-0.39, 0.29) is 52.7 Å². The molecule has 3 aliphatic heterocycles. The van der Waals surface area contributed by atoms with Crippen molar-refractivity contribution < 1.29 is 42.2 Å². The molecular weight excluding hydrogens is 754 g/mol. The van der Waals surface area contributed by atoms with Gasteiger partial charge in [0.05, 0.1) is 50.1 Å². The van der Waals surface area contributed by atoms with Crippen LogP contribution >= 0.6 is 0 Å². The average molecular weight is 803 g/mol. The largest absolute Gasteiger partial charge is 0.485 e. The molecule has 17 heteroatoms. The molecule has 4 N–H and O–H groups in total. The number of imidazole rings is 2. The highest BCUT2D eigenvalue weighted by molar-refractivity contribution is 5.87. The van der Waals surface area contributed by atoms with E-state index in [1.165, 1.54) is 26.6 Å². The molecule has 2 fully saturated rings. The summed E-state index contributed by atoms with van der Waals surface area (Å²) in [6.45, 7) is 8.09. The number of methoxy groups -OCH3 is 2. The Kier molecular flexibility index (Phi) is 11.4. The Bertz CT molecular complexity index is 2070. The summed E-state index contributed by atoms with van der Waals surface area (Å²) in [6.07, 6.45) is 4.39. The van der Waals surface area contributed by atoms with Gasteiger partial charge in [0.2, 0.25) is 11.8 Å². The quantitative estimate of drug-likeness (QED) is 0.141. The highest BCUT2D eigenvalue weighted by Crippen LogP contribution is 2.45. The minimum absolute atomic E-state index is 0.0177. The molecule has 1 unspecified atom stereocenters. The average Bonchev–Trinajstić information content (AvgIpc) is 4.05. The van der Waals surface area contributed by atoms with Crippen LogP contribution < -0.4 is 15.4 Å². The van der Waals surface area contributed by atoms with Gasteiger partial charge in [-0.1, -0.05) is 33.8 Å². The molecule has 308 valence electrons. The number of carbonyl (C=O) groups excluding carboxylic acids is 4. The third-order valence-corrected chi connectivity index (χ3v) is 11.2. The van der Waals surface area contributed by atoms with Crippen LogP contribution in [0, 0.1) is 23.5 Å². The fourth-order valence-electron chi connectivity index (χ4n) is 8.16. The summed E-state index contributed by atoms with van der Waals surface area (Å²) in [5, 5.41) is 5.27. The van der Waals surface area contributed by atoms with Crippen LogP contribution in [0.25, 0.3) is 33.6 Å². The monoisotopic (exact) mass is 802 g/mol. The van der Waals surface area contributed by atoms with Gasteiger partial charge in [0.25, 0.3) is 0 Å². The number of hydrogen-bond donors (Lipinski definition) is 4. The maximum Gasteiger partial charge on any atom is 0.407 e. The molecule has 2 saturated heterocycles. The molecule has 58 heavy (non-hydrogen) atoms. The summed E-state index contributed by atoms with van der Waals surface area (Å²) in [6, 6.07) is 4.23. The predicted molar refractivity (Wildman–Crippen MR) is 207 cm³/mol. The predicted octanol–water partition coefficient (Wildman–Crippen LogP) is 6.39. The number of nitrogens with one attached hydrogen (secondary N) is 4. The number of aromatic nitrogens is 4. The first-order chi connectivity index (χ1) is 27.8. The van der Waals surface area contributed by atoms with Gasteiger partial charge in [-0.3, -0.25) is 9.59 Å². The van der Waals surface area contributed by atoms with Gasteiger partial charge in [0, 0.05) is 35.3 Å². The smallest absolute Gasteiger partial charge is 0.407 e. The maximum absolute atomic E-state index is 16.3. The van der Waals surface area contributed by atoms with E-state index >= 15 is 8.78 Å². The van der Waals surface area contributed by atoms with E-state index in [2.05, 4.69) is 30.6 Å². The van der Waals surface area contributed by atoms with Gasteiger partial charge in [-0.05, 0) is 61.3 Å².